The highest BCUT2D eigenvalue weighted by atomic mass is 35.5. The van der Waals surface area contributed by atoms with Crippen molar-refractivity contribution >= 4 is 30.7 Å². The molecule has 0 spiro atoms. The molecule has 2 aliphatic heterocycles. The molecule has 0 aromatic rings. The average molecular weight is 328 g/mol. The van der Waals surface area contributed by atoms with Gasteiger partial charge in [0, 0.05) is 32.7 Å². The van der Waals surface area contributed by atoms with Crippen LogP contribution in [0.15, 0.2) is 0 Å². The fourth-order valence-electron chi connectivity index (χ4n) is 2.89. The van der Waals surface area contributed by atoms with Crippen LogP contribution < -0.4 is 5.32 Å². The number of likely N-dealkylation sites (N-methyl/N-ethyl adjacent to an activating group) is 2. The van der Waals surface area contributed by atoms with Gasteiger partial charge in [-0.05, 0) is 25.9 Å². The number of halogens is 2. The minimum atomic E-state index is -0.291. The molecule has 120 valence electrons. The number of likely N-dealkylation sites (tertiary alicyclic amines) is 1. The Hall–Kier alpha value is -0.0700. The third kappa shape index (κ3) is 5.04. The number of nitrogens with one attached hydrogen (secondary N) is 1. The first kappa shape index (κ1) is 19.9. The van der Waals surface area contributed by atoms with Crippen molar-refractivity contribution in [3.8, 4) is 0 Å². The van der Waals surface area contributed by atoms with Crippen molar-refractivity contribution in [1.29, 1.82) is 0 Å². The maximum atomic E-state index is 12.2. The van der Waals surface area contributed by atoms with Crippen LogP contribution in [0.25, 0.3) is 0 Å². The molecule has 0 bridgehead atoms. The summed E-state index contributed by atoms with van der Waals surface area (Å²) < 4.78 is 5.51. The average Bonchev–Trinajstić information content (AvgIpc) is 2.86. The van der Waals surface area contributed by atoms with Crippen molar-refractivity contribution in [2.24, 2.45) is 0 Å². The van der Waals surface area contributed by atoms with E-state index in [9.17, 15) is 4.79 Å². The van der Waals surface area contributed by atoms with Crippen LogP contribution in [-0.2, 0) is 9.53 Å². The third-order valence-electron chi connectivity index (χ3n) is 3.97. The molecule has 2 saturated heterocycles. The molecule has 0 radical (unpaired) electrons. The van der Waals surface area contributed by atoms with Crippen LogP contribution in [0.1, 0.15) is 19.8 Å². The van der Waals surface area contributed by atoms with E-state index < -0.39 is 0 Å². The highest BCUT2D eigenvalue weighted by Crippen LogP contribution is 2.17. The summed E-state index contributed by atoms with van der Waals surface area (Å²) in [5.41, 5.74) is 0. The van der Waals surface area contributed by atoms with Crippen molar-refractivity contribution in [2.75, 3.05) is 46.4 Å². The summed E-state index contributed by atoms with van der Waals surface area (Å²) in [6, 6.07) is 0.528. The smallest absolute Gasteiger partial charge is 0.252 e. The van der Waals surface area contributed by atoms with Crippen molar-refractivity contribution in [1.82, 2.24) is 15.1 Å². The number of amides is 1. The lowest BCUT2D eigenvalue weighted by molar-refractivity contribution is -0.144. The number of carbonyl (C=O) groups is 1. The molecule has 2 unspecified atom stereocenters. The predicted octanol–water partition coefficient (Wildman–Crippen LogP) is 0.761. The van der Waals surface area contributed by atoms with E-state index in [4.69, 9.17) is 4.74 Å². The molecule has 1 N–H and O–H groups in total. The number of ether oxygens (including phenoxy) is 1. The van der Waals surface area contributed by atoms with Gasteiger partial charge < -0.3 is 15.0 Å². The Morgan fingerprint density at radius 3 is 2.80 bits per heavy atom. The van der Waals surface area contributed by atoms with Crippen LogP contribution in [0.4, 0.5) is 0 Å². The van der Waals surface area contributed by atoms with E-state index >= 15 is 0 Å². The van der Waals surface area contributed by atoms with Crippen LogP contribution in [-0.4, -0.2) is 74.2 Å². The van der Waals surface area contributed by atoms with E-state index in [1.807, 2.05) is 11.9 Å². The second kappa shape index (κ2) is 9.79. The summed E-state index contributed by atoms with van der Waals surface area (Å²) in [5.74, 6) is 0.116. The highest BCUT2D eigenvalue weighted by Gasteiger charge is 2.29. The lowest BCUT2D eigenvalue weighted by Crippen LogP contribution is -2.50. The Bertz CT molecular complexity index is 289. The standard InChI is InChI=1S/C13H25N3O2.2ClH/c1-3-16-7-4-5-11(16)10-15(2)13(17)12-9-14-6-8-18-12;;/h11-12,14H,3-10H2,1-2H3;2*1H. The van der Waals surface area contributed by atoms with Gasteiger partial charge in [0.2, 0.25) is 0 Å². The molecule has 1 amide bonds. The molecule has 2 fully saturated rings. The molecule has 20 heavy (non-hydrogen) atoms. The summed E-state index contributed by atoms with van der Waals surface area (Å²) in [7, 11) is 1.90. The first-order valence-corrected chi connectivity index (χ1v) is 7.03. The molecule has 0 saturated carbocycles. The normalized spacial score (nSPS) is 26.5. The molecular formula is C13H27Cl2N3O2. The van der Waals surface area contributed by atoms with Crippen LogP contribution in [0.2, 0.25) is 0 Å². The Labute approximate surface area is 134 Å². The minimum Gasteiger partial charge on any atom is -0.366 e. The van der Waals surface area contributed by atoms with Gasteiger partial charge in [-0.1, -0.05) is 6.92 Å². The quantitative estimate of drug-likeness (QED) is 0.828. The molecule has 0 aliphatic carbocycles. The second-order valence-electron chi connectivity index (χ2n) is 5.21. The topological polar surface area (TPSA) is 44.8 Å². The summed E-state index contributed by atoms with van der Waals surface area (Å²) in [5, 5.41) is 3.20. The lowest BCUT2D eigenvalue weighted by atomic mass is 10.2. The molecule has 0 aromatic heterocycles. The number of hydrogen-bond donors (Lipinski definition) is 1. The van der Waals surface area contributed by atoms with Gasteiger partial charge in [-0.25, -0.2) is 0 Å². The lowest BCUT2D eigenvalue weighted by Gasteiger charge is -2.31. The highest BCUT2D eigenvalue weighted by molar-refractivity contribution is 5.85. The second-order valence-corrected chi connectivity index (χ2v) is 5.21. The number of morpholine rings is 1. The SMILES string of the molecule is CCN1CCCC1CN(C)C(=O)C1CNCCO1.Cl.Cl. The van der Waals surface area contributed by atoms with E-state index in [2.05, 4.69) is 17.1 Å². The van der Waals surface area contributed by atoms with Gasteiger partial charge in [0.15, 0.2) is 0 Å². The Kier molecular flexibility index (Phi) is 9.76. The van der Waals surface area contributed by atoms with E-state index in [-0.39, 0.29) is 36.8 Å². The van der Waals surface area contributed by atoms with Crippen LogP contribution in [0.5, 0.6) is 0 Å². The molecule has 2 rings (SSSR count). The summed E-state index contributed by atoms with van der Waals surface area (Å²) >= 11 is 0. The van der Waals surface area contributed by atoms with Gasteiger partial charge in [0.05, 0.1) is 6.61 Å². The summed E-state index contributed by atoms with van der Waals surface area (Å²) in [4.78, 5) is 16.5. The fourth-order valence-corrected chi connectivity index (χ4v) is 2.89. The zero-order valence-electron chi connectivity index (χ0n) is 12.3. The van der Waals surface area contributed by atoms with E-state index in [1.54, 1.807) is 0 Å². The number of hydrogen-bond acceptors (Lipinski definition) is 4. The van der Waals surface area contributed by atoms with Crippen molar-refractivity contribution in [2.45, 2.75) is 31.9 Å². The van der Waals surface area contributed by atoms with Crippen molar-refractivity contribution in [3.05, 3.63) is 0 Å². The summed E-state index contributed by atoms with van der Waals surface area (Å²) in [6.45, 7) is 7.39. The predicted molar refractivity (Wildman–Crippen MR) is 85.0 cm³/mol. The first-order valence-electron chi connectivity index (χ1n) is 7.03. The molecule has 7 heteroatoms. The fraction of sp³-hybridized carbons (Fsp3) is 0.923. The Morgan fingerprint density at radius 2 is 2.20 bits per heavy atom. The molecular weight excluding hydrogens is 301 g/mol. The van der Waals surface area contributed by atoms with Gasteiger partial charge in [-0.2, -0.15) is 0 Å². The Morgan fingerprint density at radius 1 is 1.45 bits per heavy atom. The zero-order valence-corrected chi connectivity index (χ0v) is 14.0. The van der Waals surface area contributed by atoms with Gasteiger partial charge in [0.25, 0.3) is 5.91 Å². The third-order valence-corrected chi connectivity index (χ3v) is 3.97. The van der Waals surface area contributed by atoms with E-state index in [1.165, 1.54) is 19.4 Å². The van der Waals surface area contributed by atoms with Gasteiger partial charge in [0.1, 0.15) is 6.10 Å². The maximum absolute atomic E-state index is 12.2. The molecule has 2 aliphatic rings. The molecule has 2 atom stereocenters. The minimum absolute atomic E-state index is 0. The Balaban J connectivity index is 0.00000180. The number of rotatable bonds is 4. The van der Waals surface area contributed by atoms with E-state index in [0.29, 0.717) is 19.2 Å². The van der Waals surface area contributed by atoms with Gasteiger partial charge in [-0.3, -0.25) is 9.69 Å². The first-order chi connectivity index (χ1) is 8.72. The molecule has 5 nitrogen and oxygen atoms in total. The van der Waals surface area contributed by atoms with Crippen LogP contribution >= 0.6 is 24.8 Å². The molecule has 2 heterocycles. The van der Waals surface area contributed by atoms with E-state index in [0.717, 1.165) is 19.6 Å². The maximum Gasteiger partial charge on any atom is 0.252 e. The number of nitrogens with zero attached hydrogens (tertiary/aromatic N) is 2. The zero-order chi connectivity index (χ0) is 13.0. The van der Waals surface area contributed by atoms with Gasteiger partial charge in [-0.15, -0.1) is 24.8 Å². The molecule has 0 aromatic carbocycles. The van der Waals surface area contributed by atoms with Crippen LogP contribution in [0.3, 0.4) is 0 Å². The number of carbonyl (C=O) groups excluding carboxylic acids is 1. The largest absolute Gasteiger partial charge is 0.366 e. The summed E-state index contributed by atoms with van der Waals surface area (Å²) in [6.07, 6.45) is 2.16. The van der Waals surface area contributed by atoms with Crippen LogP contribution in [0, 0.1) is 0 Å². The van der Waals surface area contributed by atoms with Crippen molar-refractivity contribution in [3.63, 3.8) is 0 Å². The van der Waals surface area contributed by atoms with Gasteiger partial charge >= 0.3 is 0 Å². The van der Waals surface area contributed by atoms with Crippen molar-refractivity contribution < 1.29 is 9.53 Å². The monoisotopic (exact) mass is 327 g/mol.